The van der Waals surface area contributed by atoms with Gasteiger partial charge in [0.2, 0.25) is 0 Å². The maximum absolute atomic E-state index is 11.8. The van der Waals surface area contributed by atoms with Crippen LogP contribution in [-0.4, -0.2) is 46.3 Å². The molecule has 1 aromatic carbocycles. The lowest BCUT2D eigenvalue weighted by atomic mass is 10.0. The lowest BCUT2D eigenvalue weighted by Gasteiger charge is -2.21. The highest BCUT2D eigenvalue weighted by Gasteiger charge is 2.31. The molecule has 1 unspecified atom stereocenters. The number of H-pyrrole nitrogens is 1. The molecular formula is C16H21N3O2S. The van der Waals surface area contributed by atoms with Gasteiger partial charge in [0.25, 0.3) is 0 Å². The fourth-order valence-electron chi connectivity index (χ4n) is 2.69. The molecule has 1 fully saturated rings. The molecule has 2 amide bonds. The Morgan fingerprint density at radius 3 is 3.05 bits per heavy atom. The monoisotopic (exact) mass is 319 g/mol. The summed E-state index contributed by atoms with van der Waals surface area (Å²) in [7, 11) is 0. The molecule has 0 saturated carbocycles. The fraction of sp³-hybridized carbons (Fsp3) is 0.438. The van der Waals surface area contributed by atoms with Crippen molar-refractivity contribution < 1.29 is 9.90 Å². The van der Waals surface area contributed by atoms with Gasteiger partial charge in [0.1, 0.15) is 0 Å². The number of para-hydroxylation sites is 1. The summed E-state index contributed by atoms with van der Waals surface area (Å²) in [5.74, 6) is 1.66. The van der Waals surface area contributed by atoms with Gasteiger partial charge in [0.15, 0.2) is 0 Å². The van der Waals surface area contributed by atoms with E-state index in [0.717, 1.165) is 24.1 Å². The van der Waals surface area contributed by atoms with E-state index in [-0.39, 0.29) is 6.03 Å². The highest BCUT2D eigenvalue weighted by Crippen LogP contribution is 2.26. The summed E-state index contributed by atoms with van der Waals surface area (Å²) >= 11 is 1.72. The third-order valence-corrected chi connectivity index (χ3v) is 5.25. The molecule has 118 valence electrons. The van der Waals surface area contributed by atoms with Gasteiger partial charge in [0.05, 0.1) is 5.60 Å². The Morgan fingerprint density at radius 2 is 2.23 bits per heavy atom. The van der Waals surface area contributed by atoms with Gasteiger partial charge in [-0.15, -0.1) is 0 Å². The molecule has 6 heteroatoms. The first-order valence-electron chi connectivity index (χ1n) is 7.53. The van der Waals surface area contributed by atoms with E-state index >= 15 is 0 Å². The van der Waals surface area contributed by atoms with Gasteiger partial charge >= 0.3 is 6.03 Å². The summed E-state index contributed by atoms with van der Waals surface area (Å²) in [4.78, 5) is 15.0. The van der Waals surface area contributed by atoms with E-state index in [9.17, 15) is 9.90 Å². The number of aliphatic hydroxyl groups is 1. The van der Waals surface area contributed by atoms with Crippen LogP contribution in [0.3, 0.4) is 0 Å². The zero-order valence-electron chi connectivity index (χ0n) is 12.4. The van der Waals surface area contributed by atoms with Gasteiger partial charge in [-0.2, -0.15) is 11.8 Å². The maximum atomic E-state index is 11.8. The van der Waals surface area contributed by atoms with Crippen molar-refractivity contribution in [3.63, 3.8) is 0 Å². The average molecular weight is 319 g/mol. The van der Waals surface area contributed by atoms with Crippen molar-refractivity contribution in [2.24, 2.45) is 0 Å². The van der Waals surface area contributed by atoms with Crippen molar-refractivity contribution in [1.29, 1.82) is 0 Å². The Bertz CT molecular complexity index is 650. The number of hydrogen-bond donors (Lipinski definition) is 4. The number of rotatable bonds is 5. The highest BCUT2D eigenvalue weighted by atomic mass is 32.2. The minimum Gasteiger partial charge on any atom is -0.387 e. The molecule has 2 aromatic rings. The third-order valence-electron chi connectivity index (χ3n) is 4.02. The van der Waals surface area contributed by atoms with E-state index in [2.05, 4.69) is 21.7 Å². The minimum absolute atomic E-state index is 0.217. The Labute approximate surface area is 133 Å². The van der Waals surface area contributed by atoms with E-state index in [1.165, 1.54) is 10.9 Å². The van der Waals surface area contributed by atoms with Crippen LogP contribution in [0.4, 0.5) is 4.79 Å². The number of thioether (sulfide) groups is 1. The van der Waals surface area contributed by atoms with Crippen LogP contribution >= 0.6 is 11.8 Å². The second-order valence-electron chi connectivity index (χ2n) is 5.75. The van der Waals surface area contributed by atoms with E-state index in [0.29, 0.717) is 18.8 Å². The molecule has 5 nitrogen and oxygen atoms in total. The molecule has 1 aliphatic heterocycles. The number of hydrogen-bond acceptors (Lipinski definition) is 3. The summed E-state index contributed by atoms with van der Waals surface area (Å²) in [5.41, 5.74) is 1.57. The van der Waals surface area contributed by atoms with Crippen molar-refractivity contribution in [2.75, 3.05) is 24.6 Å². The summed E-state index contributed by atoms with van der Waals surface area (Å²) in [6.45, 7) is 0.889. The molecule has 1 atom stereocenters. The Kier molecular flexibility index (Phi) is 4.59. The normalized spacial score (nSPS) is 21.1. The van der Waals surface area contributed by atoms with Crippen LogP contribution in [0.15, 0.2) is 30.5 Å². The Hall–Kier alpha value is -1.66. The Morgan fingerprint density at radius 1 is 1.36 bits per heavy atom. The number of benzene rings is 1. The highest BCUT2D eigenvalue weighted by molar-refractivity contribution is 7.99. The first-order chi connectivity index (χ1) is 10.7. The molecule has 0 spiro atoms. The predicted octanol–water partition coefficient (Wildman–Crippen LogP) is 1.88. The van der Waals surface area contributed by atoms with Gasteiger partial charge in [-0.1, -0.05) is 18.2 Å². The molecule has 22 heavy (non-hydrogen) atoms. The predicted molar refractivity (Wildman–Crippen MR) is 90.3 cm³/mol. The number of carbonyl (C=O) groups excluding carboxylic acids is 1. The van der Waals surface area contributed by atoms with Crippen LogP contribution in [0, 0.1) is 0 Å². The Balaban J connectivity index is 1.43. The molecule has 4 N–H and O–H groups in total. The summed E-state index contributed by atoms with van der Waals surface area (Å²) < 4.78 is 0. The minimum atomic E-state index is -0.737. The first-order valence-corrected chi connectivity index (χ1v) is 8.69. The second kappa shape index (κ2) is 6.62. The molecule has 3 rings (SSSR count). The number of carbonyl (C=O) groups is 1. The average Bonchev–Trinajstić information content (AvgIpc) is 3.13. The summed E-state index contributed by atoms with van der Waals surface area (Å²) in [6.07, 6.45) is 3.51. The third kappa shape index (κ3) is 3.56. The van der Waals surface area contributed by atoms with Crippen molar-refractivity contribution >= 4 is 28.7 Å². The fourth-order valence-corrected chi connectivity index (χ4v) is 3.99. The number of nitrogens with one attached hydrogen (secondary N) is 3. The molecule has 0 radical (unpaired) electrons. The van der Waals surface area contributed by atoms with Crippen LogP contribution in [-0.2, 0) is 6.42 Å². The van der Waals surface area contributed by atoms with Gasteiger partial charge in [-0.05, 0) is 30.2 Å². The number of fused-ring (bicyclic) bond motifs is 1. The number of urea groups is 1. The van der Waals surface area contributed by atoms with Gasteiger partial charge in [0, 0.05) is 35.9 Å². The van der Waals surface area contributed by atoms with Crippen LogP contribution in [0.5, 0.6) is 0 Å². The molecule has 1 saturated heterocycles. The molecule has 0 bridgehead atoms. The maximum Gasteiger partial charge on any atom is 0.314 e. The lowest BCUT2D eigenvalue weighted by molar-refractivity contribution is 0.0700. The zero-order valence-corrected chi connectivity index (χ0v) is 13.2. The molecular weight excluding hydrogens is 298 g/mol. The van der Waals surface area contributed by atoms with Crippen LogP contribution in [0.1, 0.15) is 12.0 Å². The SMILES string of the molecule is O=C(NCCc1c[nH]c2ccccc12)NCC1(O)CCSC1. The second-order valence-corrected chi connectivity index (χ2v) is 6.85. The summed E-state index contributed by atoms with van der Waals surface area (Å²) in [6, 6.07) is 7.92. The smallest absolute Gasteiger partial charge is 0.314 e. The quantitative estimate of drug-likeness (QED) is 0.679. The molecule has 2 heterocycles. The van der Waals surface area contributed by atoms with E-state index < -0.39 is 5.60 Å². The number of amides is 2. The van der Waals surface area contributed by atoms with Crippen LogP contribution in [0.25, 0.3) is 10.9 Å². The van der Waals surface area contributed by atoms with E-state index in [1.54, 1.807) is 11.8 Å². The van der Waals surface area contributed by atoms with Gasteiger partial charge < -0.3 is 20.7 Å². The molecule has 1 aromatic heterocycles. The zero-order chi connectivity index (χ0) is 15.4. The van der Waals surface area contributed by atoms with Crippen molar-refractivity contribution in [2.45, 2.75) is 18.4 Å². The number of aromatic amines is 1. The van der Waals surface area contributed by atoms with E-state index in [4.69, 9.17) is 0 Å². The molecule has 1 aliphatic rings. The van der Waals surface area contributed by atoms with Crippen LogP contribution in [0.2, 0.25) is 0 Å². The van der Waals surface area contributed by atoms with E-state index in [1.807, 2.05) is 24.4 Å². The summed E-state index contributed by atoms with van der Waals surface area (Å²) in [5, 5.41) is 17.0. The largest absolute Gasteiger partial charge is 0.387 e. The van der Waals surface area contributed by atoms with Crippen molar-refractivity contribution in [3.05, 3.63) is 36.0 Å². The first kappa shape index (κ1) is 15.2. The van der Waals surface area contributed by atoms with Gasteiger partial charge in [-0.25, -0.2) is 4.79 Å². The van der Waals surface area contributed by atoms with Crippen molar-refractivity contribution in [3.8, 4) is 0 Å². The van der Waals surface area contributed by atoms with Gasteiger partial charge in [-0.3, -0.25) is 0 Å². The topological polar surface area (TPSA) is 77.2 Å². The standard InChI is InChI=1S/C16H21N3O2S/c20-15(19-10-16(21)6-8-22-11-16)17-7-5-12-9-18-14-4-2-1-3-13(12)14/h1-4,9,18,21H,5-8,10-11H2,(H2,17,19,20). The lowest BCUT2D eigenvalue weighted by Crippen LogP contribution is -2.46. The number of aromatic nitrogens is 1. The van der Waals surface area contributed by atoms with Crippen LogP contribution < -0.4 is 10.6 Å². The van der Waals surface area contributed by atoms with Crippen molar-refractivity contribution in [1.82, 2.24) is 15.6 Å². The molecule has 0 aliphatic carbocycles.